The second-order valence-electron chi connectivity index (χ2n) is 4.62. The van der Waals surface area contributed by atoms with E-state index in [0.29, 0.717) is 11.5 Å². The molecule has 2 N–H and O–H groups in total. The van der Waals surface area contributed by atoms with Crippen LogP contribution in [0, 0.1) is 12.3 Å². The first-order chi connectivity index (χ1) is 7.95. The first-order valence-electron chi connectivity index (χ1n) is 5.56. The maximum absolute atomic E-state index is 12.2. The van der Waals surface area contributed by atoms with Crippen LogP contribution in [0.25, 0.3) is 0 Å². The Kier molecular flexibility index (Phi) is 2.95. The Hall–Kier alpha value is -1.36. The third kappa shape index (κ3) is 2.20. The summed E-state index contributed by atoms with van der Waals surface area (Å²) >= 11 is 4.97. The number of carbonyl (C=O) groups excluding carboxylic acids is 1. The fraction of sp³-hybridized carbons (Fsp3) is 0.500. The molecule has 0 spiro atoms. The van der Waals surface area contributed by atoms with Gasteiger partial charge in [-0.2, -0.15) is 0 Å². The summed E-state index contributed by atoms with van der Waals surface area (Å²) in [5.41, 5.74) is 5.05. The lowest BCUT2D eigenvalue weighted by atomic mass is 10.1. The van der Waals surface area contributed by atoms with E-state index in [2.05, 4.69) is 0 Å². The first kappa shape index (κ1) is 12.1. The molecule has 0 aromatic carbocycles. The van der Waals surface area contributed by atoms with Crippen LogP contribution in [0.3, 0.4) is 0 Å². The van der Waals surface area contributed by atoms with Crippen molar-refractivity contribution in [3.05, 3.63) is 23.7 Å². The summed E-state index contributed by atoms with van der Waals surface area (Å²) in [6, 6.07) is 3.76. The lowest BCUT2D eigenvalue weighted by Gasteiger charge is -2.21. The molecule has 1 saturated carbocycles. The van der Waals surface area contributed by atoms with Crippen molar-refractivity contribution in [1.82, 2.24) is 4.90 Å². The summed E-state index contributed by atoms with van der Waals surface area (Å²) in [5.74, 6) is 1.62. The van der Waals surface area contributed by atoms with Crippen molar-refractivity contribution in [1.29, 1.82) is 0 Å². The smallest absolute Gasteiger partial charge is 0.235 e. The van der Waals surface area contributed by atoms with Gasteiger partial charge >= 0.3 is 0 Å². The zero-order valence-corrected chi connectivity index (χ0v) is 10.8. The Balaban J connectivity index is 2.03. The highest BCUT2D eigenvalue weighted by Gasteiger charge is 2.53. The van der Waals surface area contributed by atoms with E-state index in [1.807, 2.05) is 19.1 Å². The lowest BCUT2D eigenvalue weighted by Crippen LogP contribution is -2.40. The van der Waals surface area contributed by atoms with Gasteiger partial charge in [0.2, 0.25) is 5.91 Å². The monoisotopic (exact) mass is 252 g/mol. The van der Waals surface area contributed by atoms with Crippen molar-refractivity contribution in [3.8, 4) is 0 Å². The van der Waals surface area contributed by atoms with Crippen molar-refractivity contribution in [2.45, 2.75) is 26.3 Å². The zero-order valence-electron chi connectivity index (χ0n) is 10.0. The summed E-state index contributed by atoms with van der Waals surface area (Å²) in [7, 11) is 1.75. The Bertz CT molecular complexity index is 463. The number of furan rings is 1. The van der Waals surface area contributed by atoms with Crippen LogP contribution in [0.15, 0.2) is 16.5 Å². The lowest BCUT2D eigenvalue weighted by molar-refractivity contribution is -0.133. The van der Waals surface area contributed by atoms with E-state index >= 15 is 0 Å². The van der Waals surface area contributed by atoms with Crippen molar-refractivity contribution in [2.75, 3.05) is 7.05 Å². The fourth-order valence-electron chi connectivity index (χ4n) is 1.93. The number of carbonyl (C=O) groups is 1. The molecule has 0 bridgehead atoms. The molecule has 5 heteroatoms. The van der Waals surface area contributed by atoms with Crippen LogP contribution in [0.2, 0.25) is 0 Å². The number of rotatable bonds is 4. The number of nitrogens with two attached hydrogens (primary N) is 1. The zero-order chi connectivity index (χ0) is 12.6. The van der Waals surface area contributed by atoms with Crippen molar-refractivity contribution in [2.24, 2.45) is 11.1 Å². The van der Waals surface area contributed by atoms with E-state index in [4.69, 9.17) is 22.4 Å². The molecule has 0 saturated heterocycles. The van der Waals surface area contributed by atoms with Crippen LogP contribution < -0.4 is 5.73 Å². The largest absolute Gasteiger partial charge is 0.464 e. The van der Waals surface area contributed by atoms with Crippen LogP contribution in [-0.4, -0.2) is 22.8 Å². The van der Waals surface area contributed by atoms with Crippen LogP contribution in [0.5, 0.6) is 0 Å². The van der Waals surface area contributed by atoms with Crippen LogP contribution in [0.4, 0.5) is 0 Å². The molecule has 0 radical (unpaired) electrons. The van der Waals surface area contributed by atoms with Gasteiger partial charge in [-0.3, -0.25) is 4.79 Å². The van der Waals surface area contributed by atoms with Gasteiger partial charge in [0.05, 0.1) is 16.9 Å². The SMILES string of the molecule is Cc1ccc(CN(C)C(=O)C2(C(N)=S)CC2)o1. The maximum atomic E-state index is 12.2. The minimum Gasteiger partial charge on any atom is -0.464 e. The second kappa shape index (κ2) is 4.14. The van der Waals surface area contributed by atoms with E-state index in [0.717, 1.165) is 24.4 Å². The molecule has 1 fully saturated rings. The third-order valence-electron chi connectivity index (χ3n) is 3.17. The maximum Gasteiger partial charge on any atom is 0.235 e. The van der Waals surface area contributed by atoms with Crippen LogP contribution >= 0.6 is 12.2 Å². The number of nitrogens with zero attached hydrogens (tertiary/aromatic N) is 1. The second-order valence-corrected chi connectivity index (χ2v) is 5.06. The minimum atomic E-state index is -0.578. The van der Waals surface area contributed by atoms with Gasteiger partial charge in [0.25, 0.3) is 0 Å². The molecule has 0 unspecified atom stereocenters. The molecule has 0 aliphatic heterocycles. The van der Waals surface area contributed by atoms with E-state index in [9.17, 15) is 4.79 Å². The summed E-state index contributed by atoms with van der Waals surface area (Å²) in [6.07, 6.45) is 1.53. The number of hydrogen-bond acceptors (Lipinski definition) is 3. The van der Waals surface area contributed by atoms with Crippen molar-refractivity contribution >= 4 is 23.1 Å². The highest BCUT2D eigenvalue weighted by Crippen LogP contribution is 2.47. The summed E-state index contributed by atoms with van der Waals surface area (Å²) in [5, 5.41) is 0. The van der Waals surface area contributed by atoms with Gasteiger partial charge in [-0.05, 0) is 31.9 Å². The molecular weight excluding hydrogens is 236 g/mol. The molecule has 1 aliphatic rings. The molecule has 2 rings (SSSR count). The predicted molar refractivity (Wildman–Crippen MR) is 68.4 cm³/mol. The standard InChI is InChI=1S/C12H16N2O2S/c1-8-3-4-9(16-8)7-14(2)11(15)12(5-6-12)10(13)17/h3-4H,5-7H2,1-2H3,(H2,13,17). The van der Waals surface area contributed by atoms with Gasteiger partial charge < -0.3 is 15.1 Å². The normalized spacial score (nSPS) is 16.6. The highest BCUT2D eigenvalue weighted by molar-refractivity contribution is 7.80. The molecular formula is C12H16N2O2S. The Morgan fingerprint density at radius 1 is 1.59 bits per heavy atom. The Labute approximate surface area is 106 Å². The molecule has 17 heavy (non-hydrogen) atoms. The predicted octanol–water partition coefficient (Wildman–Crippen LogP) is 1.61. The summed E-state index contributed by atoms with van der Waals surface area (Å²) < 4.78 is 5.44. The summed E-state index contributed by atoms with van der Waals surface area (Å²) in [6.45, 7) is 2.33. The van der Waals surface area contributed by atoms with Gasteiger partial charge in [-0.15, -0.1) is 0 Å². The molecule has 0 atom stereocenters. The molecule has 4 nitrogen and oxygen atoms in total. The molecule has 1 aromatic heterocycles. The van der Waals surface area contributed by atoms with E-state index in [1.54, 1.807) is 11.9 Å². The van der Waals surface area contributed by atoms with Gasteiger partial charge in [0.1, 0.15) is 11.5 Å². The number of hydrogen-bond donors (Lipinski definition) is 1. The fourth-order valence-corrected chi connectivity index (χ4v) is 2.22. The van der Waals surface area contributed by atoms with Gasteiger partial charge in [0.15, 0.2) is 0 Å². The number of thiocarbonyl (C=S) groups is 1. The van der Waals surface area contributed by atoms with E-state index < -0.39 is 5.41 Å². The minimum absolute atomic E-state index is 0.000877. The van der Waals surface area contributed by atoms with Gasteiger partial charge in [-0.1, -0.05) is 12.2 Å². The molecule has 1 heterocycles. The van der Waals surface area contributed by atoms with Gasteiger partial charge in [-0.25, -0.2) is 0 Å². The molecule has 1 aromatic rings. The first-order valence-corrected chi connectivity index (χ1v) is 5.97. The molecule has 1 amide bonds. The Morgan fingerprint density at radius 2 is 2.24 bits per heavy atom. The quantitative estimate of drug-likeness (QED) is 0.827. The Morgan fingerprint density at radius 3 is 2.65 bits per heavy atom. The topological polar surface area (TPSA) is 59.5 Å². The van der Waals surface area contributed by atoms with Crippen LogP contribution in [0.1, 0.15) is 24.4 Å². The van der Waals surface area contributed by atoms with Crippen molar-refractivity contribution < 1.29 is 9.21 Å². The number of amides is 1. The van der Waals surface area contributed by atoms with E-state index in [1.165, 1.54) is 0 Å². The van der Waals surface area contributed by atoms with Gasteiger partial charge in [0, 0.05) is 7.05 Å². The average Bonchev–Trinajstić information content (AvgIpc) is 2.98. The summed E-state index contributed by atoms with van der Waals surface area (Å²) in [4.78, 5) is 14.1. The average molecular weight is 252 g/mol. The highest BCUT2D eigenvalue weighted by atomic mass is 32.1. The van der Waals surface area contributed by atoms with Crippen LogP contribution in [-0.2, 0) is 11.3 Å². The molecule has 92 valence electrons. The van der Waals surface area contributed by atoms with E-state index in [-0.39, 0.29) is 5.91 Å². The van der Waals surface area contributed by atoms with Crippen molar-refractivity contribution in [3.63, 3.8) is 0 Å². The third-order valence-corrected chi connectivity index (χ3v) is 3.56. The number of aryl methyl sites for hydroxylation is 1. The molecule has 1 aliphatic carbocycles.